The normalized spacial score (nSPS) is 10.7. The summed E-state index contributed by atoms with van der Waals surface area (Å²) in [5, 5.41) is 30.1. The van der Waals surface area contributed by atoms with Gasteiger partial charge in [-0.15, -0.1) is 0 Å². The lowest BCUT2D eigenvalue weighted by Gasteiger charge is -2.05. The maximum absolute atomic E-state index is 10.8. The summed E-state index contributed by atoms with van der Waals surface area (Å²) in [7, 11) is 0. The molecule has 0 saturated heterocycles. The van der Waals surface area contributed by atoms with Gasteiger partial charge in [-0.3, -0.25) is 20.9 Å². The Kier molecular flexibility index (Phi) is 4.80. The van der Waals surface area contributed by atoms with Gasteiger partial charge in [-0.1, -0.05) is 11.6 Å². The smallest absolute Gasteiger partial charge is 0.285 e. The third-order valence-electron chi connectivity index (χ3n) is 1.88. The Bertz CT molecular complexity index is 624. The minimum absolute atomic E-state index is 0.116. The molecular formula is C9H6BrClN6O2. The molecule has 0 amide bonds. The molecule has 0 aliphatic rings. The topological polar surface area (TPSA) is 141 Å². The molecule has 0 aliphatic carbocycles. The standard InChI is InChI=1S/C9H6BrClN6O2/c10-4-1-5(11)6(2-8(4)17(18)19)15-16-7(3-12)9(13)14/h1-2,15H,(H3,13,14)/b16-7+. The lowest BCUT2D eigenvalue weighted by Crippen LogP contribution is -2.21. The van der Waals surface area contributed by atoms with E-state index in [0.29, 0.717) is 0 Å². The fourth-order valence-corrected chi connectivity index (χ4v) is 1.85. The average Bonchev–Trinajstić information content (AvgIpc) is 2.31. The van der Waals surface area contributed by atoms with Crippen molar-refractivity contribution in [3.63, 3.8) is 0 Å². The van der Waals surface area contributed by atoms with Crippen molar-refractivity contribution in [2.75, 3.05) is 5.43 Å². The van der Waals surface area contributed by atoms with E-state index in [1.54, 1.807) is 6.07 Å². The molecule has 1 rings (SSSR count). The van der Waals surface area contributed by atoms with Crippen LogP contribution in [0.4, 0.5) is 11.4 Å². The van der Waals surface area contributed by atoms with Crippen LogP contribution in [-0.2, 0) is 0 Å². The first kappa shape index (κ1) is 14.9. The van der Waals surface area contributed by atoms with Gasteiger partial charge in [-0.2, -0.15) is 10.4 Å². The second-order valence-electron chi connectivity index (χ2n) is 3.14. The highest BCUT2D eigenvalue weighted by Gasteiger charge is 2.15. The van der Waals surface area contributed by atoms with Crippen molar-refractivity contribution in [1.29, 1.82) is 10.7 Å². The van der Waals surface area contributed by atoms with Crippen molar-refractivity contribution in [3.8, 4) is 6.07 Å². The molecule has 0 bridgehead atoms. The Balaban J connectivity index is 3.16. The van der Waals surface area contributed by atoms with Gasteiger partial charge in [0.05, 0.1) is 20.1 Å². The zero-order valence-corrected chi connectivity index (χ0v) is 11.5. The molecule has 0 aromatic heterocycles. The number of amidine groups is 1. The lowest BCUT2D eigenvalue weighted by molar-refractivity contribution is -0.385. The van der Waals surface area contributed by atoms with Crippen molar-refractivity contribution in [3.05, 3.63) is 31.7 Å². The van der Waals surface area contributed by atoms with E-state index in [9.17, 15) is 10.1 Å². The summed E-state index contributed by atoms with van der Waals surface area (Å²) >= 11 is 8.86. The van der Waals surface area contributed by atoms with Gasteiger partial charge in [0.2, 0.25) is 5.71 Å². The number of hydrogen-bond donors (Lipinski definition) is 3. The maximum atomic E-state index is 10.8. The summed E-state index contributed by atoms with van der Waals surface area (Å²) < 4.78 is 0.212. The van der Waals surface area contributed by atoms with Crippen LogP contribution in [0.2, 0.25) is 5.02 Å². The molecule has 98 valence electrons. The molecule has 0 fully saturated rings. The number of hydrogen-bond acceptors (Lipinski definition) is 6. The van der Waals surface area contributed by atoms with Gasteiger partial charge < -0.3 is 5.73 Å². The van der Waals surface area contributed by atoms with Gasteiger partial charge in [-0.25, -0.2) is 0 Å². The zero-order chi connectivity index (χ0) is 14.6. The number of nitrogens with two attached hydrogens (primary N) is 1. The predicted molar refractivity (Wildman–Crippen MR) is 74.4 cm³/mol. The fourth-order valence-electron chi connectivity index (χ4n) is 1.02. The summed E-state index contributed by atoms with van der Waals surface area (Å²) in [4.78, 5) is 10.1. The number of nitrogens with zero attached hydrogens (tertiary/aromatic N) is 3. The third kappa shape index (κ3) is 3.64. The molecule has 0 aliphatic heterocycles. The second kappa shape index (κ2) is 6.12. The largest absolute Gasteiger partial charge is 0.382 e. The van der Waals surface area contributed by atoms with Crippen LogP contribution < -0.4 is 11.2 Å². The second-order valence-corrected chi connectivity index (χ2v) is 4.40. The van der Waals surface area contributed by atoms with E-state index in [0.717, 1.165) is 6.07 Å². The highest BCUT2D eigenvalue weighted by atomic mass is 79.9. The number of benzene rings is 1. The van der Waals surface area contributed by atoms with E-state index in [1.807, 2.05) is 0 Å². The summed E-state index contributed by atoms with van der Waals surface area (Å²) in [6.45, 7) is 0. The van der Waals surface area contributed by atoms with Crippen LogP contribution in [0.5, 0.6) is 0 Å². The summed E-state index contributed by atoms with van der Waals surface area (Å²) in [5.41, 5.74) is 6.99. The van der Waals surface area contributed by atoms with Gasteiger partial charge in [0.1, 0.15) is 6.07 Å². The van der Waals surface area contributed by atoms with Crippen LogP contribution in [0.1, 0.15) is 0 Å². The molecule has 8 nitrogen and oxygen atoms in total. The predicted octanol–water partition coefficient (Wildman–Crippen LogP) is 2.24. The van der Waals surface area contributed by atoms with Crippen LogP contribution >= 0.6 is 27.5 Å². The van der Waals surface area contributed by atoms with E-state index in [4.69, 9.17) is 28.0 Å². The number of rotatable bonds is 4. The molecule has 0 heterocycles. The number of hydrazone groups is 1. The first-order valence-corrected chi connectivity index (χ1v) is 5.75. The SMILES string of the molecule is N#C/C(=N\Nc1cc([N+](=O)[O-])c(Br)cc1Cl)C(=N)N. The highest BCUT2D eigenvalue weighted by Crippen LogP contribution is 2.34. The van der Waals surface area contributed by atoms with E-state index >= 15 is 0 Å². The molecule has 10 heteroatoms. The summed E-state index contributed by atoms with van der Waals surface area (Å²) in [6, 6.07) is 4.05. The number of nitro groups is 1. The van der Waals surface area contributed by atoms with Crippen molar-refractivity contribution in [2.45, 2.75) is 0 Å². The van der Waals surface area contributed by atoms with Gasteiger partial charge in [0.25, 0.3) is 5.69 Å². The van der Waals surface area contributed by atoms with Crippen LogP contribution in [0.3, 0.4) is 0 Å². The number of nitrogens with one attached hydrogen (secondary N) is 2. The summed E-state index contributed by atoms with van der Waals surface area (Å²) in [6.07, 6.45) is 0. The van der Waals surface area contributed by atoms with Gasteiger partial charge in [0, 0.05) is 6.07 Å². The fraction of sp³-hybridized carbons (Fsp3) is 0. The molecule has 0 unspecified atom stereocenters. The highest BCUT2D eigenvalue weighted by molar-refractivity contribution is 9.10. The Morgan fingerprint density at radius 3 is 2.79 bits per heavy atom. The minimum Gasteiger partial charge on any atom is -0.382 e. The van der Waals surface area contributed by atoms with Gasteiger partial charge >= 0.3 is 0 Å². The molecular weight excluding hydrogens is 339 g/mol. The van der Waals surface area contributed by atoms with Crippen molar-refractivity contribution >= 4 is 50.5 Å². The molecule has 0 atom stereocenters. The zero-order valence-electron chi connectivity index (χ0n) is 9.15. The van der Waals surface area contributed by atoms with E-state index < -0.39 is 10.8 Å². The van der Waals surface area contributed by atoms with E-state index in [1.165, 1.54) is 6.07 Å². The Hall–Kier alpha value is -2.18. The number of anilines is 1. The molecule has 1 aromatic rings. The molecule has 0 radical (unpaired) electrons. The first-order chi connectivity index (χ1) is 8.86. The molecule has 0 saturated carbocycles. The molecule has 0 spiro atoms. The molecule has 1 aromatic carbocycles. The Labute approximate surface area is 120 Å². The van der Waals surface area contributed by atoms with Crippen LogP contribution in [0, 0.1) is 26.9 Å². The van der Waals surface area contributed by atoms with Gasteiger partial charge in [-0.05, 0) is 22.0 Å². The Morgan fingerprint density at radius 2 is 2.32 bits per heavy atom. The Morgan fingerprint density at radius 1 is 1.68 bits per heavy atom. The number of halogens is 2. The molecule has 19 heavy (non-hydrogen) atoms. The average molecular weight is 346 g/mol. The van der Waals surface area contributed by atoms with Crippen LogP contribution in [0.25, 0.3) is 0 Å². The van der Waals surface area contributed by atoms with Crippen LogP contribution in [-0.4, -0.2) is 16.5 Å². The lowest BCUT2D eigenvalue weighted by atomic mass is 10.3. The van der Waals surface area contributed by atoms with Crippen molar-refractivity contribution < 1.29 is 4.92 Å². The van der Waals surface area contributed by atoms with Gasteiger partial charge in [0.15, 0.2) is 5.84 Å². The van der Waals surface area contributed by atoms with Crippen molar-refractivity contribution in [2.24, 2.45) is 10.8 Å². The van der Waals surface area contributed by atoms with Crippen LogP contribution in [0.15, 0.2) is 21.7 Å². The van der Waals surface area contributed by atoms with E-state index in [2.05, 4.69) is 26.5 Å². The monoisotopic (exact) mass is 344 g/mol. The molecule has 4 N–H and O–H groups in total. The minimum atomic E-state index is -0.606. The van der Waals surface area contributed by atoms with E-state index in [-0.39, 0.29) is 26.6 Å². The quantitative estimate of drug-likeness (QED) is 0.332. The number of nitro benzene ring substituents is 1. The maximum Gasteiger partial charge on any atom is 0.285 e. The first-order valence-electron chi connectivity index (χ1n) is 4.58. The summed E-state index contributed by atoms with van der Waals surface area (Å²) in [5.74, 6) is -0.530. The number of nitriles is 1. The third-order valence-corrected chi connectivity index (χ3v) is 2.83. The van der Waals surface area contributed by atoms with Crippen molar-refractivity contribution in [1.82, 2.24) is 0 Å².